The average Bonchev–Trinajstić information content (AvgIpc) is 2.46. The van der Waals surface area contributed by atoms with Gasteiger partial charge < -0.3 is 10.2 Å². The molecule has 2 rings (SSSR count). The van der Waals surface area contributed by atoms with E-state index in [0.717, 1.165) is 43.6 Å². The van der Waals surface area contributed by atoms with E-state index >= 15 is 0 Å². The molecule has 0 aliphatic carbocycles. The topological polar surface area (TPSA) is 28.2 Å². The zero-order chi connectivity index (χ0) is 13.7. The second-order valence-electron chi connectivity index (χ2n) is 5.53. The van der Waals surface area contributed by atoms with E-state index in [1.807, 2.05) is 0 Å². The Morgan fingerprint density at radius 3 is 2.58 bits per heavy atom. The lowest BCUT2D eigenvalue weighted by Crippen LogP contribution is -2.34. The van der Waals surface area contributed by atoms with Crippen LogP contribution in [0.4, 0.5) is 5.82 Å². The second kappa shape index (κ2) is 6.90. The van der Waals surface area contributed by atoms with Crippen molar-refractivity contribution >= 4 is 5.82 Å². The number of pyridine rings is 1. The molecule has 1 fully saturated rings. The van der Waals surface area contributed by atoms with Gasteiger partial charge in [0.2, 0.25) is 0 Å². The molecule has 0 atom stereocenters. The van der Waals surface area contributed by atoms with Gasteiger partial charge in [0.15, 0.2) is 0 Å². The van der Waals surface area contributed by atoms with E-state index in [9.17, 15) is 0 Å². The van der Waals surface area contributed by atoms with Crippen molar-refractivity contribution < 1.29 is 0 Å². The Bertz CT molecular complexity index is 395. The molecule has 0 radical (unpaired) electrons. The number of nitrogens with one attached hydrogen (secondary N) is 1. The number of aryl methyl sites for hydroxylation is 1. The highest BCUT2D eigenvalue weighted by atomic mass is 15.2. The summed E-state index contributed by atoms with van der Waals surface area (Å²) in [6.07, 6.45) is 3.95. The molecule has 0 saturated carbocycles. The molecule has 19 heavy (non-hydrogen) atoms. The molecule has 3 heteroatoms. The Kier molecular flexibility index (Phi) is 5.20. The molecule has 2 heterocycles. The van der Waals surface area contributed by atoms with Gasteiger partial charge in [-0.25, -0.2) is 4.98 Å². The summed E-state index contributed by atoms with van der Waals surface area (Å²) in [5.74, 6) is 2.08. The largest absolute Gasteiger partial charge is 0.357 e. The van der Waals surface area contributed by atoms with Crippen LogP contribution < -0.4 is 10.2 Å². The van der Waals surface area contributed by atoms with Crippen molar-refractivity contribution in [3.63, 3.8) is 0 Å². The Morgan fingerprint density at radius 1 is 1.26 bits per heavy atom. The summed E-state index contributed by atoms with van der Waals surface area (Å²) in [5, 5.41) is 3.36. The van der Waals surface area contributed by atoms with Gasteiger partial charge in [0.05, 0.1) is 0 Å². The monoisotopic (exact) mass is 261 g/mol. The van der Waals surface area contributed by atoms with E-state index in [2.05, 4.69) is 43.1 Å². The quantitative estimate of drug-likeness (QED) is 0.882. The van der Waals surface area contributed by atoms with Crippen molar-refractivity contribution in [1.29, 1.82) is 0 Å². The van der Waals surface area contributed by atoms with Gasteiger partial charge >= 0.3 is 0 Å². The van der Waals surface area contributed by atoms with E-state index in [0.29, 0.717) is 0 Å². The minimum Gasteiger partial charge on any atom is -0.357 e. The summed E-state index contributed by atoms with van der Waals surface area (Å²) in [7, 11) is 0. The van der Waals surface area contributed by atoms with Crippen molar-refractivity contribution in [3.8, 4) is 0 Å². The van der Waals surface area contributed by atoms with Crippen molar-refractivity contribution in [3.05, 3.63) is 23.4 Å². The minimum absolute atomic E-state index is 0.922. The van der Waals surface area contributed by atoms with Crippen LogP contribution in [-0.2, 0) is 6.54 Å². The van der Waals surface area contributed by atoms with Gasteiger partial charge in [0, 0.05) is 25.3 Å². The smallest absolute Gasteiger partial charge is 0.128 e. The predicted molar refractivity (Wildman–Crippen MR) is 81.6 cm³/mol. The number of anilines is 1. The molecule has 0 unspecified atom stereocenters. The Labute approximate surface area is 117 Å². The van der Waals surface area contributed by atoms with Crippen LogP contribution in [0.25, 0.3) is 0 Å². The van der Waals surface area contributed by atoms with Gasteiger partial charge in [0.25, 0.3) is 0 Å². The summed E-state index contributed by atoms with van der Waals surface area (Å²) in [5.41, 5.74) is 2.48. The van der Waals surface area contributed by atoms with Gasteiger partial charge in [-0.2, -0.15) is 0 Å². The summed E-state index contributed by atoms with van der Waals surface area (Å²) < 4.78 is 0. The molecule has 1 aromatic rings. The van der Waals surface area contributed by atoms with Crippen molar-refractivity contribution in [2.75, 3.05) is 24.5 Å². The molecule has 1 N–H and O–H groups in total. The minimum atomic E-state index is 0.922. The Balaban J connectivity index is 1.99. The van der Waals surface area contributed by atoms with E-state index in [1.54, 1.807) is 0 Å². The lowest BCUT2D eigenvalue weighted by Gasteiger charge is -2.32. The highest BCUT2D eigenvalue weighted by Gasteiger charge is 2.19. The van der Waals surface area contributed by atoms with Crippen molar-refractivity contribution in [2.24, 2.45) is 5.92 Å². The molecular weight excluding hydrogens is 234 g/mol. The van der Waals surface area contributed by atoms with Gasteiger partial charge in [-0.1, -0.05) is 26.3 Å². The first kappa shape index (κ1) is 14.3. The molecule has 1 aliphatic heterocycles. The van der Waals surface area contributed by atoms with Crippen LogP contribution in [0, 0.1) is 12.8 Å². The molecule has 1 aromatic heterocycles. The molecule has 106 valence electrons. The standard InChI is InChI=1S/C16H27N3/c1-4-14-8-10-19(11-9-14)16-7-6-15(12-17-5-2)13(3)18-16/h6-7,14,17H,4-5,8-12H2,1-3H3. The van der Waals surface area contributed by atoms with E-state index in [4.69, 9.17) is 4.98 Å². The van der Waals surface area contributed by atoms with Crippen LogP contribution >= 0.6 is 0 Å². The van der Waals surface area contributed by atoms with Crippen molar-refractivity contribution in [2.45, 2.75) is 46.6 Å². The van der Waals surface area contributed by atoms with Crippen LogP contribution in [-0.4, -0.2) is 24.6 Å². The van der Waals surface area contributed by atoms with E-state index in [-0.39, 0.29) is 0 Å². The van der Waals surface area contributed by atoms with Crippen LogP contribution in [0.5, 0.6) is 0 Å². The Morgan fingerprint density at radius 2 is 2.00 bits per heavy atom. The highest BCUT2D eigenvalue weighted by Crippen LogP contribution is 2.24. The number of piperidine rings is 1. The summed E-state index contributed by atoms with van der Waals surface area (Å²) in [4.78, 5) is 7.23. The van der Waals surface area contributed by atoms with Gasteiger partial charge in [0.1, 0.15) is 5.82 Å². The zero-order valence-corrected chi connectivity index (χ0v) is 12.6. The van der Waals surface area contributed by atoms with Crippen LogP contribution in [0.15, 0.2) is 12.1 Å². The first-order valence-corrected chi connectivity index (χ1v) is 7.66. The van der Waals surface area contributed by atoms with Gasteiger partial charge in [-0.15, -0.1) is 0 Å². The van der Waals surface area contributed by atoms with Gasteiger partial charge in [-0.3, -0.25) is 0 Å². The molecule has 0 amide bonds. The SMILES string of the molecule is CCNCc1ccc(N2CCC(CC)CC2)nc1C. The number of aromatic nitrogens is 1. The molecule has 1 aliphatic rings. The first-order chi connectivity index (χ1) is 9.24. The number of rotatable bonds is 5. The molecule has 0 spiro atoms. The fraction of sp³-hybridized carbons (Fsp3) is 0.688. The summed E-state index contributed by atoms with van der Waals surface area (Å²) >= 11 is 0. The number of nitrogens with zero attached hydrogens (tertiary/aromatic N) is 2. The molecule has 0 aromatic carbocycles. The average molecular weight is 261 g/mol. The number of hydrogen-bond donors (Lipinski definition) is 1. The Hall–Kier alpha value is -1.09. The van der Waals surface area contributed by atoms with E-state index < -0.39 is 0 Å². The third kappa shape index (κ3) is 3.69. The molecule has 1 saturated heterocycles. The summed E-state index contributed by atoms with van der Waals surface area (Å²) in [6.45, 7) is 10.8. The molecule has 3 nitrogen and oxygen atoms in total. The highest BCUT2D eigenvalue weighted by molar-refractivity contribution is 5.42. The molecule has 0 bridgehead atoms. The summed E-state index contributed by atoms with van der Waals surface area (Å²) in [6, 6.07) is 4.41. The third-order valence-electron chi connectivity index (χ3n) is 4.26. The lowest BCUT2D eigenvalue weighted by molar-refractivity contribution is 0.393. The fourth-order valence-electron chi connectivity index (χ4n) is 2.77. The third-order valence-corrected chi connectivity index (χ3v) is 4.26. The normalized spacial score (nSPS) is 16.9. The maximum absolute atomic E-state index is 4.79. The maximum atomic E-state index is 4.79. The predicted octanol–water partition coefficient (Wildman–Crippen LogP) is 3.13. The first-order valence-electron chi connectivity index (χ1n) is 7.66. The van der Waals surface area contributed by atoms with E-state index in [1.165, 1.54) is 24.8 Å². The molecular formula is C16H27N3. The maximum Gasteiger partial charge on any atom is 0.128 e. The second-order valence-corrected chi connectivity index (χ2v) is 5.53. The van der Waals surface area contributed by atoms with Crippen LogP contribution in [0.2, 0.25) is 0 Å². The van der Waals surface area contributed by atoms with Crippen molar-refractivity contribution in [1.82, 2.24) is 10.3 Å². The van der Waals surface area contributed by atoms with Gasteiger partial charge in [-0.05, 0) is 43.9 Å². The lowest BCUT2D eigenvalue weighted by atomic mass is 9.94. The zero-order valence-electron chi connectivity index (χ0n) is 12.6. The van der Waals surface area contributed by atoms with Crippen LogP contribution in [0.3, 0.4) is 0 Å². The number of hydrogen-bond acceptors (Lipinski definition) is 3. The fourth-order valence-corrected chi connectivity index (χ4v) is 2.77. The van der Waals surface area contributed by atoms with Crippen LogP contribution in [0.1, 0.15) is 44.4 Å².